The normalized spacial score (nSPS) is 9.76. The van der Waals surface area contributed by atoms with Gasteiger partial charge in [0.05, 0.1) is 5.69 Å². The first kappa shape index (κ1) is 14.0. The second-order valence-electron chi connectivity index (χ2n) is 3.59. The highest BCUT2D eigenvalue weighted by Crippen LogP contribution is 2.19. The van der Waals surface area contributed by atoms with E-state index in [1.807, 2.05) is 43.6 Å². The molecule has 2 aromatic rings. The van der Waals surface area contributed by atoms with Crippen molar-refractivity contribution >= 4 is 24.0 Å². The van der Waals surface area contributed by atoms with Gasteiger partial charge in [0.1, 0.15) is 0 Å². The summed E-state index contributed by atoms with van der Waals surface area (Å²) in [6, 6.07) is 11.8. The zero-order valence-electron chi connectivity index (χ0n) is 9.48. The van der Waals surface area contributed by atoms with Gasteiger partial charge in [0.25, 0.3) is 0 Å². The first-order valence-electron chi connectivity index (χ1n) is 5.15. The third kappa shape index (κ3) is 3.70. The molecule has 0 aliphatic rings. The van der Waals surface area contributed by atoms with E-state index in [0.29, 0.717) is 0 Å². The Balaban J connectivity index is 0.00000144. The largest absolute Gasteiger partial charge is 0.316 e. The lowest BCUT2D eigenvalue weighted by Gasteiger charge is -2.03. The Morgan fingerprint density at radius 1 is 1.12 bits per heavy atom. The quantitative estimate of drug-likeness (QED) is 0.921. The highest BCUT2D eigenvalue weighted by molar-refractivity contribution is 6.30. The van der Waals surface area contributed by atoms with E-state index in [1.165, 1.54) is 5.56 Å². The van der Waals surface area contributed by atoms with Crippen molar-refractivity contribution < 1.29 is 0 Å². The summed E-state index contributed by atoms with van der Waals surface area (Å²) in [5.74, 6) is 0. The van der Waals surface area contributed by atoms with Crippen LogP contribution in [0, 0.1) is 0 Å². The fourth-order valence-electron chi connectivity index (χ4n) is 1.52. The number of hydrogen-bond donors (Lipinski definition) is 1. The molecule has 0 radical (unpaired) electrons. The molecule has 0 amide bonds. The van der Waals surface area contributed by atoms with Gasteiger partial charge in [-0.15, -0.1) is 12.4 Å². The van der Waals surface area contributed by atoms with E-state index in [4.69, 9.17) is 11.6 Å². The zero-order valence-corrected chi connectivity index (χ0v) is 11.1. The van der Waals surface area contributed by atoms with Crippen LogP contribution in [0.25, 0.3) is 11.3 Å². The summed E-state index contributed by atoms with van der Waals surface area (Å²) >= 11 is 5.84. The lowest BCUT2D eigenvalue weighted by atomic mass is 10.1. The molecule has 2 rings (SSSR count). The van der Waals surface area contributed by atoms with Gasteiger partial charge in [0.15, 0.2) is 0 Å². The Morgan fingerprint density at radius 2 is 1.82 bits per heavy atom. The number of hydrogen-bond acceptors (Lipinski definition) is 2. The average Bonchev–Trinajstić information content (AvgIpc) is 2.32. The van der Waals surface area contributed by atoms with Crippen molar-refractivity contribution in [3.05, 3.63) is 53.2 Å². The third-order valence-electron chi connectivity index (χ3n) is 2.35. The number of halogens is 2. The Kier molecular flexibility index (Phi) is 5.42. The zero-order chi connectivity index (χ0) is 11.4. The van der Waals surface area contributed by atoms with E-state index < -0.39 is 0 Å². The fraction of sp³-hybridized carbons (Fsp3) is 0.154. The summed E-state index contributed by atoms with van der Waals surface area (Å²) in [4.78, 5) is 4.41. The SMILES string of the molecule is CNCc1ccc(-c2ccc(Cl)cc2)nc1.Cl. The number of benzene rings is 1. The molecule has 0 bridgehead atoms. The Labute approximate surface area is 112 Å². The molecule has 0 aliphatic heterocycles. The van der Waals surface area contributed by atoms with Gasteiger partial charge in [-0.25, -0.2) is 0 Å². The van der Waals surface area contributed by atoms with Crippen LogP contribution in [0.1, 0.15) is 5.56 Å². The lowest BCUT2D eigenvalue weighted by Crippen LogP contribution is -2.05. The maximum atomic E-state index is 5.84. The third-order valence-corrected chi connectivity index (χ3v) is 2.60. The summed E-state index contributed by atoms with van der Waals surface area (Å²) < 4.78 is 0. The Morgan fingerprint density at radius 3 is 2.35 bits per heavy atom. The maximum Gasteiger partial charge on any atom is 0.0702 e. The molecule has 0 atom stereocenters. The molecule has 0 fully saturated rings. The van der Waals surface area contributed by atoms with Crippen molar-refractivity contribution in [2.45, 2.75) is 6.54 Å². The maximum absolute atomic E-state index is 5.84. The first-order chi connectivity index (χ1) is 7.79. The first-order valence-corrected chi connectivity index (χ1v) is 5.53. The molecule has 0 spiro atoms. The topological polar surface area (TPSA) is 24.9 Å². The van der Waals surface area contributed by atoms with Crippen molar-refractivity contribution in [3.63, 3.8) is 0 Å². The van der Waals surface area contributed by atoms with Crippen LogP contribution in [0.3, 0.4) is 0 Å². The van der Waals surface area contributed by atoms with Crippen LogP contribution in [0.15, 0.2) is 42.6 Å². The summed E-state index contributed by atoms with van der Waals surface area (Å²) in [5, 5.41) is 3.84. The van der Waals surface area contributed by atoms with Crippen LogP contribution in [-0.4, -0.2) is 12.0 Å². The molecular weight excluding hydrogens is 255 g/mol. The molecule has 1 aromatic carbocycles. The molecule has 90 valence electrons. The molecule has 2 nitrogen and oxygen atoms in total. The van der Waals surface area contributed by atoms with E-state index in [-0.39, 0.29) is 12.4 Å². The lowest BCUT2D eigenvalue weighted by molar-refractivity contribution is 0.813. The Hall–Kier alpha value is -1.09. The van der Waals surface area contributed by atoms with Crippen molar-refractivity contribution in [3.8, 4) is 11.3 Å². The number of rotatable bonds is 3. The highest BCUT2D eigenvalue weighted by Gasteiger charge is 1.99. The van der Waals surface area contributed by atoms with Gasteiger partial charge in [-0.1, -0.05) is 29.8 Å². The highest BCUT2D eigenvalue weighted by atomic mass is 35.5. The smallest absolute Gasteiger partial charge is 0.0702 e. The van der Waals surface area contributed by atoms with E-state index >= 15 is 0 Å². The van der Waals surface area contributed by atoms with Crippen molar-refractivity contribution in [2.24, 2.45) is 0 Å². The van der Waals surface area contributed by atoms with Crippen LogP contribution < -0.4 is 5.32 Å². The second-order valence-corrected chi connectivity index (χ2v) is 4.03. The van der Waals surface area contributed by atoms with Crippen LogP contribution in [-0.2, 0) is 6.54 Å². The van der Waals surface area contributed by atoms with Crippen molar-refractivity contribution in [1.82, 2.24) is 10.3 Å². The number of aromatic nitrogens is 1. The van der Waals surface area contributed by atoms with Crippen LogP contribution in [0.5, 0.6) is 0 Å². The van der Waals surface area contributed by atoms with E-state index in [9.17, 15) is 0 Å². The summed E-state index contributed by atoms with van der Waals surface area (Å²) in [5.41, 5.74) is 3.23. The molecule has 0 saturated carbocycles. The minimum Gasteiger partial charge on any atom is -0.316 e. The molecule has 17 heavy (non-hydrogen) atoms. The molecule has 4 heteroatoms. The molecule has 1 aromatic heterocycles. The summed E-state index contributed by atoms with van der Waals surface area (Å²) in [6.45, 7) is 0.841. The molecule has 0 aliphatic carbocycles. The average molecular weight is 269 g/mol. The number of nitrogens with zero attached hydrogens (tertiary/aromatic N) is 1. The molecular formula is C13H14Cl2N2. The summed E-state index contributed by atoms with van der Waals surface area (Å²) in [6.07, 6.45) is 1.89. The van der Waals surface area contributed by atoms with Gasteiger partial charge < -0.3 is 5.32 Å². The molecule has 0 unspecified atom stereocenters. The monoisotopic (exact) mass is 268 g/mol. The van der Waals surface area contributed by atoms with Gasteiger partial charge in [0, 0.05) is 23.3 Å². The molecule has 1 heterocycles. The molecule has 0 saturated heterocycles. The number of pyridine rings is 1. The van der Waals surface area contributed by atoms with Gasteiger partial charge >= 0.3 is 0 Å². The van der Waals surface area contributed by atoms with Crippen LogP contribution in [0.2, 0.25) is 5.02 Å². The van der Waals surface area contributed by atoms with E-state index in [0.717, 1.165) is 22.8 Å². The minimum absolute atomic E-state index is 0. The van der Waals surface area contributed by atoms with E-state index in [2.05, 4.69) is 16.4 Å². The van der Waals surface area contributed by atoms with Gasteiger partial charge in [-0.3, -0.25) is 4.98 Å². The fourth-order valence-corrected chi connectivity index (χ4v) is 1.65. The predicted octanol–water partition coefficient (Wildman–Crippen LogP) is 3.54. The van der Waals surface area contributed by atoms with Gasteiger partial charge in [0.2, 0.25) is 0 Å². The number of nitrogens with one attached hydrogen (secondary N) is 1. The second kappa shape index (κ2) is 6.60. The molecule has 1 N–H and O–H groups in total. The minimum atomic E-state index is 0. The predicted molar refractivity (Wildman–Crippen MR) is 74.7 cm³/mol. The standard InChI is InChI=1S/C13H13ClN2.ClH/c1-15-8-10-2-7-13(16-9-10)11-3-5-12(14)6-4-11;/h2-7,9,15H,8H2,1H3;1H. The Bertz CT molecular complexity index is 452. The van der Waals surface area contributed by atoms with Gasteiger partial charge in [-0.05, 0) is 30.8 Å². The van der Waals surface area contributed by atoms with Crippen LogP contribution in [0.4, 0.5) is 0 Å². The van der Waals surface area contributed by atoms with Crippen molar-refractivity contribution in [1.29, 1.82) is 0 Å². The van der Waals surface area contributed by atoms with E-state index in [1.54, 1.807) is 0 Å². The van der Waals surface area contributed by atoms with Crippen molar-refractivity contribution in [2.75, 3.05) is 7.05 Å². The van der Waals surface area contributed by atoms with Crippen LogP contribution >= 0.6 is 24.0 Å². The summed E-state index contributed by atoms with van der Waals surface area (Å²) in [7, 11) is 1.92. The van der Waals surface area contributed by atoms with Gasteiger partial charge in [-0.2, -0.15) is 0 Å².